The Hall–Kier alpha value is -3.36. The maximum absolute atomic E-state index is 13.9. The number of anilines is 1. The molecule has 0 bridgehead atoms. The van der Waals surface area contributed by atoms with Gasteiger partial charge in [0.1, 0.15) is 5.69 Å². The highest BCUT2D eigenvalue weighted by molar-refractivity contribution is 5.94. The molecule has 4 rings (SSSR count). The van der Waals surface area contributed by atoms with E-state index in [4.69, 9.17) is 4.74 Å². The minimum atomic E-state index is -4.52. The fraction of sp³-hybridized carbons (Fsp3) is 0.360. The monoisotopic (exact) mass is 475 g/mol. The first-order valence-corrected chi connectivity index (χ1v) is 11.1. The van der Waals surface area contributed by atoms with Crippen molar-refractivity contribution in [3.8, 4) is 5.75 Å². The normalized spacial score (nSPS) is 18.5. The van der Waals surface area contributed by atoms with Crippen molar-refractivity contribution < 1.29 is 27.1 Å². The summed E-state index contributed by atoms with van der Waals surface area (Å²) in [5.74, 6) is -0.602. The van der Waals surface area contributed by atoms with Crippen molar-refractivity contribution in [3.63, 3.8) is 0 Å². The van der Waals surface area contributed by atoms with Gasteiger partial charge in [0.25, 0.3) is 5.91 Å². The zero-order valence-corrected chi connectivity index (χ0v) is 18.6. The predicted molar refractivity (Wildman–Crippen MR) is 121 cm³/mol. The van der Waals surface area contributed by atoms with Crippen LogP contribution in [0.15, 0.2) is 48.5 Å². The Balaban J connectivity index is 1.34. The molecule has 0 unspecified atom stereocenters. The molecule has 0 aliphatic heterocycles. The average molecular weight is 475 g/mol. The molecule has 5 nitrogen and oxygen atoms in total. The number of halogens is 4. The molecule has 1 fully saturated rings. The minimum absolute atomic E-state index is 0.0347. The molecule has 1 amide bonds. The van der Waals surface area contributed by atoms with E-state index < -0.39 is 17.7 Å². The third-order valence-electron chi connectivity index (χ3n) is 6.18. The molecule has 1 aromatic heterocycles. The maximum Gasteiger partial charge on any atom is 0.433 e. The van der Waals surface area contributed by atoms with Crippen molar-refractivity contribution in [1.82, 2.24) is 10.3 Å². The first-order valence-electron chi connectivity index (χ1n) is 11.1. The van der Waals surface area contributed by atoms with E-state index in [0.717, 1.165) is 37.8 Å². The molecular formula is C25H25F4N3O2. The SMILES string of the molecule is COc1ccc(C(=O)N[C@H]2CC[C@@H](CNc3cc(C(F)(F)F)nc4ccccc34)CC2)cc1F. The molecule has 1 aliphatic carbocycles. The van der Waals surface area contributed by atoms with Crippen molar-refractivity contribution in [3.05, 3.63) is 65.6 Å². The Morgan fingerprint density at radius 2 is 1.82 bits per heavy atom. The molecule has 1 saturated carbocycles. The molecule has 0 atom stereocenters. The molecule has 1 heterocycles. The number of alkyl halides is 3. The van der Waals surface area contributed by atoms with E-state index in [1.54, 1.807) is 24.3 Å². The quantitative estimate of drug-likeness (QED) is 0.442. The summed E-state index contributed by atoms with van der Waals surface area (Å²) >= 11 is 0. The number of nitrogens with zero attached hydrogens (tertiary/aromatic N) is 1. The van der Waals surface area contributed by atoms with Gasteiger partial charge in [0.2, 0.25) is 0 Å². The maximum atomic E-state index is 13.9. The largest absolute Gasteiger partial charge is 0.494 e. The fourth-order valence-electron chi connectivity index (χ4n) is 4.31. The summed E-state index contributed by atoms with van der Waals surface area (Å²) in [5, 5.41) is 6.77. The van der Waals surface area contributed by atoms with Gasteiger partial charge >= 0.3 is 6.18 Å². The number of para-hydroxylation sites is 1. The topological polar surface area (TPSA) is 63.2 Å². The van der Waals surface area contributed by atoms with Gasteiger partial charge in [-0.2, -0.15) is 13.2 Å². The van der Waals surface area contributed by atoms with Gasteiger partial charge in [-0.1, -0.05) is 18.2 Å². The van der Waals surface area contributed by atoms with Crippen molar-refractivity contribution in [2.24, 2.45) is 5.92 Å². The van der Waals surface area contributed by atoms with Crippen LogP contribution in [0.3, 0.4) is 0 Å². The number of benzene rings is 2. The Labute approximate surface area is 194 Å². The number of nitrogens with one attached hydrogen (secondary N) is 2. The molecule has 2 N–H and O–H groups in total. The van der Waals surface area contributed by atoms with Gasteiger partial charge < -0.3 is 15.4 Å². The van der Waals surface area contributed by atoms with E-state index in [1.807, 2.05) is 0 Å². The number of carbonyl (C=O) groups excluding carboxylic acids is 1. The zero-order chi connectivity index (χ0) is 24.3. The predicted octanol–water partition coefficient (Wildman–Crippen LogP) is 5.80. The van der Waals surface area contributed by atoms with E-state index >= 15 is 0 Å². The first kappa shape index (κ1) is 23.8. The Kier molecular flexibility index (Phi) is 6.90. The summed E-state index contributed by atoms with van der Waals surface area (Å²) in [7, 11) is 1.36. The lowest BCUT2D eigenvalue weighted by molar-refractivity contribution is -0.140. The number of rotatable bonds is 6. The van der Waals surface area contributed by atoms with Gasteiger partial charge in [-0.3, -0.25) is 4.79 Å². The number of fused-ring (bicyclic) bond motifs is 1. The lowest BCUT2D eigenvalue weighted by atomic mass is 9.85. The van der Waals surface area contributed by atoms with E-state index in [1.165, 1.54) is 19.2 Å². The molecule has 1 aliphatic rings. The van der Waals surface area contributed by atoms with Crippen LogP contribution < -0.4 is 15.4 Å². The molecule has 9 heteroatoms. The van der Waals surface area contributed by atoms with Crippen LogP contribution in [0.5, 0.6) is 5.75 Å². The van der Waals surface area contributed by atoms with E-state index in [0.29, 0.717) is 23.1 Å². The van der Waals surface area contributed by atoms with E-state index in [2.05, 4.69) is 15.6 Å². The molecular weight excluding hydrogens is 450 g/mol. The number of amides is 1. The van der Waals surface area contributed by atoms with Crippen LogP contribution in [0, 0.1) is 11.7 Å². The van der Waals surface area contributed by atoms with Crippen molar-refractivity contribution >= 4 is 22.5 Å². The summed E-state index contributed by atoms with van der Waals surface area (Å²) in [4.78, 5) is 16.2. The van der Waals surface area contributed by atoms with Gasteiger partial charge in [-0.15, -0.1) is 0 Å². The second-order valence-corrected chi connectivity index (χ2v) is 8.49. The first-order chi connectivity index (χ1) is 16.2. The third kappa shape index (κ3) is 5.40. The number of hydrogen-bond acceptors (Lipinski definition) is 4. The molecule has 0 radical (unpaired) electrons. The summed E-state index contributed by atoms with van der Waals surface area (Å²) < 4.78 is 58.6. The number of ether oxygens (including phenoxy) is 1. The summed E-state index contributed by atoms with van der Waals surface area (Å²) in [5.41, 5.74) is 0.0123. The van der Waals surface area contributed by atoms with Crippen molar-refractivity contribution in [2.75, 3.05) is 19.0 Å². The molecule has 2 aromatic carbocycles. The number of hydrogen-bond donors (Lipinski definition) is 2. The molecule has 34 heavy (non-hydrogen) atoms. The second kappa shape index (κ2) is 9.87. The fourth-order valence-corrected chi connectivity index (χ4v) is 4.31. The van der Waals surface area contributed by atoms with Crippen LogP contribution in [0.2, 0.25) is 0 Å². The summed E-state index contributed by atoms with van der Waals surface area (Å²) in [6.45, 7) is 0.523. The zero-order valence-electron chi connectivity index (χ0n) is 18.6. The highest BCUT2D eigenvalue weighted by atomic mass is 19.4. The second-order valence-electron chi connectivity index (χ2n) is 8.49. The molecule has 0 saturated heterocycles. The molecule has 180 valence electrons. The van der Waals surface area contributed by atoms with Crippen LogP contribution in [0.25, 0.3) is 10.9 Å². The highest BCUT2D eigenvalue weighted by Crippen LogP contribution is 2.33. The van der Waals surface area contributed by atoms with Gasteiger partial charge in [-0.25, -0.2) is 9.37 Å². The van der Waals surface area contributed by atoms with Gasteiger partial charge in [0.05, 0.1) is 12.6 Å². The highest BCUT2D eigenvalue weighted by Gasteiger charge is 2.33. The lowest BCUT2D eigenvalue weighted by Crippen LogP contribution is -2.38. The Morgan fingerprint density at radius 1 is 1.09 bits per heavy atom. The number of methoxy groups -OCH3 is 1. The number of aromatic nitrogens is 1. The smallest absolute Gasteiger partial charge is 0.433 e. The van der Waals surface area contributed by atoms with Gasteiger partial charge in [0, 0.05) is 29.2 Å². The summed E-state index contributed by atoms with van der Waals surface area (Å²) in [6, 6.07) is 11.9. The van der Waals surface area contributed by atoms with Gasteiger partial charge in [-0.05, 0) is 61.9 Å². The Morgan fingerprint density at radius 3 is 2.50 bits per heavy atom. The number of pyridine rings is 1. The van der Waals surface area contributed by atoms with Crippen LogP contribution >= 0.6 is 0 Å². The standard InChI is InChI=1S/C25H25F4N3O2/c1-34-22-11-8-16(12-19(22)26)24(33)31-17-9-6-15(7-10-17)14-30-21-13-23(25(27,28)29)32-20-5-3-2-4-18(20)21/h2-5,8,11-13,15,17H,6-7,9-10,14H2,1H3,(H,30,32)(H,31,33)/t15-,17+. The number of carbonyl (C=O) groups is 1. The molecule has 3 aromatic rings. The van der Waals surface area contributed by atoms with E-state index in [9.17, 15) is 22.4 Å². The van der Waals surface area contributed by atoms with Gasteiger partial charge in [0.15, 0.2) is 11.6 Å². The third-order valence-corrected chi connectivity index (χ3v) is 6.18. The van der Waals surface area contributed by atoms with Crippen LogP contribution in [-0.4, -0.2) is 30.6 Å². The Bertz CT molecular complexity index is 1170. The summed E-state index contributed by atoms with van der Waals surface area (Å²) in [6.07, 6.45) is -1.43. The lowest BCUT2D eigenvalue weighted by Gasteiger charge is -2.29. The van der Waals surface area contributed by atoms with Crippen molar-refractivity contribution in [2.45, 2.75) is 37.9 Å². The van der Waals surface area contributed by atoms with Crippen LogP contribution in [0.1, 0.15) is 41.7 Å². The van der Waals surface area contributed by atoms with Crippen LogP contribution in [-0.2, 0) is 6.18 Å². The average Bonchev–Trinajstić information content (AvgIpc) is 2.82. The van der Waals surface area contributed by atoms with Crippen LogP contribution in [0.4, 0.5) is 23.2 Å². The minimum Gasteiger partial charge on any atom is -0.494 e. The molecule has 0 spiro atoms. The van der Waals surface area contributed by atoms with E-state index in [-0.39, 0.29) is 29.2 Å². The van der Waals surface area contributed by atoms with Crippen molar-refractivity contribution in [1.29, 1.82) is 0 Å².